The molecule has 0 aliphatic rings. The molecular formula is C17H27NO2. The van der Waals surface area contributed by atoms with E-state index in [1.165, 1.54) is 39.2 Å². The molecule has 0 aliphatic heterocycles. The number of carbonyl (C=O) groups excluding carboxylic acids is 1. The molecule has 3 heteroatoms. The maximum atomic E-state index is 11.7. The number of benzene rings is 1. The van der Waals surface area contributed by atoms with Crippen LogP contribution < -0.4 is 5.32 Å². The van der Waals surface area contributed by atoms with Gasteiger partial charge in [0.05, 0.1) is 12.7 Å². The van der Waals surface area contributed by atoms with Crippen molar-refractivity contribution < 1.29 is 9.53 Å². The molecule has 0 heterocycles. The zero-order chi connectivity index (χ0) is 14.8. The van der Waals surface area contributed by atoms with E-state index in [9.17, 15) is 4.79 Å². The highest BCUT2D eigenvalue weighted by atomic mass is 16.5. The first-order chi connectivity index (χ1) is 9.72. The first-order valence-electron chi connectivity index (χ1n) is 7.62. The Hall–Kier alpha value is -1.35. The Bertz CT molecular complexity index is 404. The van der Waals surface area contributed by atoms with Crippen molar-refractivity contribution in [3.8, 4) is 0 Å². The molecule has 112 valence electrons. The number of carbonyl (C=O) groups is 1. The standard InChI is InChI=1S/C17H27NO2/c1-4-6-11-15(9-5-2)18-13-14-10-7-8-12-16(14)17(19)20-3/h7-8,10,12,15,18H,4-6,9,11,13H2,1-3H3. The number of methoxy groups -OCH3 is 1. The molecule has 0 amide bonds. The summed E-state index contributed by atoms with van der Waals surface area (Å²) in [7, 11) is 1.42. The highest BCUT2D eigenvalue weighted by Gasteiger charge is 2.12. The van der Waals surface area contributed by atoms with Crippen LogP contribution in [-0.2, 0) is 11.3 Å². The first kappa shape index (κ1) is 16.7. The van der Waals surface area contributed by atoms with Crippen LogP contribution in [0.25, 0.3) is 0 Å². The maximum absolute atomic E-state index is 11.7. The molecule has 0 aliphatic carbocycles. The summed E-state index contributed by atoms with van der Waals surface area (Å²) in [5.74, 6) is -0.261. The van der Waals surface area contributed by atoms with Crippen molar-refractivity contribution in [3.63, 3.8) is 0 Å². The fourth-order valence-corrected chi connectivity index (χ4v) is 2.39. The summed E-state index contributed by atoms with van der Waals surface area (Å²) in [5, 5.41) is 3.58. The topological polar surface area (TPSA) is 38.3 Å². The van der Waals surface area contributed by atoms with E-state index >= 15 is 0 Å². The third-order valence-electron chi connectivity index (χ3n) is 3.55. The molecule has 0 spiro atoms. The smallest absolute Gasteiger partial charge is 0.338 e. The number of hydrogen-bond acceptors (Lipinski definition) is 3. The third kappa shape index (κ3) is 5.33. The summed E-state index contributed by atoms with van der Waals surface area (Å²) >= 11 is 0. The lowest BCUT2D eigenvalue weighted by Crippen LogP contribution is -2.29. The second-order valence-corrected chi connectivity index (χ2v) is 5.16. The molecule has 1 N–H and O–H groups in total. The lowest BCUT2D eigenvalue weighted by molar-refractivity contribution is 0.0599. The van der Waals surface area contributed by atoms with Crippen LogP contribution in [0.15, 0.2) is 24.3 Å². The SMILES string of the molecule is CCCCC(CCC)NCc1ccccc1C(=O)OC. The summed E-state index contributed by atoms with van der Waals surface area (Å²) in [6.45, 7) is 5.15. The summed E-state index contributed by atoms with van der Waals surface area (Å²) in [5.41, 5.74) is 1.67. The van der Waals surface area contributed by atoms with Crippen molar-refractivity contribution in [2.24, 2.45) is 0 Å². The first-order valence-corrected chi connectivity index (χ1v) is 7.62. The Morgan fingerprint density at radius 3 is 2.60 bits per heavy atom. The van der Waals surface area contributed by atoms with E-state index in [0.717, 1.165) is 12.1 Å². The summed E-state index contributed by atoms with van der Waals surface area (Å²) in [6.07, 6.45) is 6.03. The minimum Gasteiger partial charge on any atom is -0.465 e. The Kier molecular flexibility index (Phi) is 7.97. The van der Waals surface area contributed by atoms with Crippen LogP contribution in [0.1, 0.15) is 61.9 Å². The lowest BCUT2D eigenvalue weighted by atomic mass is 10.0. The van der Waals surface area contributed by atoms with E-state index < -0.39 is 0 Å². The molecular weight excluding hydrogens is 250 g/mol. The average Bonchev–Trinajstić information content (AvgIpc) is 2.49. The molecule has 0 aromatic heterocycles. The van der Waals surface area contributed by atoms with Crippen molar-refractivity contribution in [1.29, 1.82) is 0 Å². The zero-order valence-electron chi connectivity index (χ0n) is 12.9. The van der Waals surface area contributed by atoms with Gasteiger partial charge in [0, 0.05) is 12.6 Å². The molecule has 1 aromatic carbocycles. The van der Waals surface area contributed by atoms with Crippen LogP contribution >= 0.6 is 0 Å². The second-order valence-electron chi connectivity index (χ2n) is 5.16. The van der Waals surface area contributed by atoms with E-state index in [0.29, 0.717) is 11.6 Å². The van der Waals surface area contributed by atoms with Gasteiger partial charge >= 0.3 is 5.97 Å². The van der Waals surface area contributed by atoms with Crippen LogP contribution in [0.2, 0.25) is 0 Å². The van der Waals surface area contributed by atoms with Gasteiger partial charge in [0.25, 0.3) is 0 Å². The highest BCUT2D eigenvalue weighted by molar-refractivity contribution is 5.90. The Morgan fingerprint density at radius 2 is 1.95 bits per heavy atom. The van der Waals surface area contributed by atoms with Crippen molar-refractivity contribution in [1.82, 2.24) is 5.32 Å². The third-order valence-corrected chi connectivity index (χ3v) is 3.55. The molecule has 0 fully saturated rings. The van der Waals surface area contributed by atoms with Crippen LogP contribution in [0.5, 0.6) is 0 Å². The van der Waals surface area contributed by atoms with Crippen molar-refractivity contribution in [2.45, 2.75) is 58.5 Å². The van der Waals surface area contributed by atoms with Gasteiger partial charge in [0.1, 0.15) is 0 Å². The predicted molar refractivity (Wildman–Crippen MR) is 82.8 cm³/mol. The predicted octanol–water partition coefficient (Wildman–Crippen LogP) is 3.92. The van der Waals surface area contributed by atoms with Crippen LogP contribution in [-0.4, -0.2) is 19.1 Å². The largest absolute Gasteiger partial charge is 0.465 e. The number of rotatable bonds is 9. The number of ether oxygens (including phenoxy) is 1. The number of unbranched alkanes of at least 4 members (excludes halogenated alkanes) is 1. The van der Waals surface area contributed by atoms with E-state index in [1.54, 1.807) is 0 Å². The van der Waals surface area contributed by atoms with Gasteiger partial charge in [-0.3, -0.25) is 0 Å². The van der Waals surface area contributed by atoms with Gasteiger partial charge in [-0.05, 0) is 24.5 Å². The number of nitrogens with one attached hydrogen (secondary N) is 1. The normalized spacial score (nSPS) is 12.2. The van der Waals surface area contributed by atoms with Crippen molar-refractivity contribution in [3.05, 3.63) is 35.4 Å². The molecule has 0 bridgehead atoms. The second kappa shape index (κ2) is 9.54. The van der Waals surface area contributed by atoms with E-state index in [-0.39, 0.29) is 5.97 Å². The van der Waals surface area contributed by atoms with Crippen LogP contribution in [0.4, 0.5) is 0 Å². The number of hydrogen-bond donors (Lipinski definition) is 1. The molecule has 20 heavy (non-hydrogen) atoms. The molecule has 0 radical (unpaired) electrons. The summed E-state index contributed by atoms with van der Waals surface area (Å²) in [4.78, 5) is 11.7. The Balaban J connectivity index is 2.64. The van der Waals surface area contributed by atoms with Gasteiger partial charge in [-0.25, -0.2) is 4.79 Å². The van der Waals surface area contributed by atoms with Gasteiger partial charge in [-0.15, -0.1) is 0 Å². The zero-order valence-corrected chi connectivity index (χ0v) is 12.9. The van der Waals surface area contributed by atoms with Crippen molar-refractivity contribution in [2.75, 3.05) is 7.11 Å². The minimum absolute atomic E-state index is 0.261. The van der Waals surface area contributed by atoms with Gasteiger partial charge < -0.3 is 10.1 Å². The van der Waals surface area contributed by atoms with Crippen molar-refractivity contribution >= 4 is 5.97 Å². The van der Waals surface area contributed by atoms with E-state index in [4.69, 9.17) is 4.74 Å². The van der Waals surface area contributed by atoms with Gasteiger partial charge in [-0.1, -0.05) is 51.3 Å². The van der Waals surface area contributed by atoms with Gasteiger partial charge in [0.15, 0.2) is 0 Å². The summed E-state index contributed by atoms with van der Waals surface area (Å²) < 4.78 is 4.83. The minimum atomic E-state index is -0.261. The fraction of sp³-hybridized carbons (Fsp3) is 0.588. The molecule has 3 nitrogen and oxygen atoms in total. The summed E-state index contributed by atoms with van der Waals surface area (Å²) in [6, 6.07) is 8.18. The van der Waals surface area contributed by atoms with E-state index in [2.05, 4.69) is 19.2 Å². The van der Waals surface area contributed by atoms with Gasteiger partial charge in [0.2, 0.25) is 0 Å². The van der Waals surface area contributed by atoms with Crippen LogP contribution in [0.3, 0.4) is 0 Å². The maximum Gasteiger partial charge on any atom is 0.338 e. The molecule has 1 atom stereocenters. The van der Waals surface area contributed by atoms with Crippen LogP contribution in [0, 0.1) is 0 Å². The van der Waals surface area contributed by atoms with E-state index in [1.807, 2.05) is 24.3 Å². The highest BCUT2D eigenvalue weighted by Crippen LogP contribution is 2.12. The average molecular weight is 277 g/mol. The number of esters is 1. The Morgan fingerprint density at radius 1 is 1.20 bits per heavy atom. The molecule has 0 saturated carbocycles. The van der Waals surface area contributed by atoms with Gasteiger partial charge in [-0.2, -0.15) is 0 Å². The Labute approximate surface area is 122 Å². The molecule has 1 unspecified atom stereocenters. The quantitative estimate of drug-likeness (QED) is 0.695. The molecule has 1 rings (SSSR count). The lowest BCUT2D eigenvalue weighted by Gasteiger charge is -2.18. The monoisotopic (exact) mass is 277 g/mol. The molecule has 0 saturated heterocycles. The molecule has 1 aromatic rings. The fourth-order valence-electron chi connectivity index (χ4n) is 2.39.